The summed E-state index contributed by atoms with van der Waals surface area (Å²) in [6.45, 7) is 0. The molecule has 2 aromatic rings. The van der Waals surface area contributed by atoms with Gasteiger partial charge in [0.15, 0.2) is 5.69 Å². The van der Waals surface area contributed by atoms with Crippen LogP contribution < -0.4 is 5.73 Å². The van der Waals surface area contributed by atoms with Crippen molar-refractivity contribution in [3.8, 4) is 11.8 Å². The molecular formula is C14H9Cl2F3N4S2. The molecule has 0 radical (unpaired) electrons. The second kappa shape index (κ2) is 6.83. The highest BCUT2D eigenvalue weighted by molar-refractivity contribution is 8.19. The summed E-state index contributed by atoms with van der Waals surface area (Å²) in [6.07, 6.45) is -4.58. The molecule has 1 aromatic carbocycles. The second-order valence-electron chi connectivity index (χ2n) is 5.03. The minimum Gasteiger partial charge on any atom is -0.383 e. The van der Waals surface area contributed by atoms with E-state index in [0.717, 1.165) is 28.3 Å². The van der Waals surface area contributed by atoms with Gasteiger partial charge in [-0.1, -0.05) is 23.2 Å². The van der Waals surface area contributed by atoms with Crippen molar-refractivity contribution in [3.05, 3.63) is 39.0 Å². The van der Waals surface area contributed by atoms with Gasteiger partial charge in [0.1, 0.15) is 17.6 Å². The van der Waals surface area contributed by atoms with Crippen molar-refractivity contribution >= 4 is 52.5 Å². The molecule has 0 aliphatic carbocycles. The molecule has 1 saturated heterocycles. The summed E-state index contributed by atoms with van der Waals surface area (Å²) in [5, 5.41) is 12.9. The van der Waals surface area contributed by atoms with Crippen molar-refractivity contribution in [1.82, 2.24) is 9.78 Å². The van der Waals surface area contributed by atoms with E-state index in [9.17, 15) is 18.4 Å². The van der Waals surface area contributed by atoms with Crippen molar-refractivity contribution in [2.45, 2.75) is 10.8 Å². The van der Waals surface area contributed by atoms with Crippen LogP contribution in [0.25, 0.3) is 5.69 Å². The molecule has 0 amide bonds. The first-order chi connectivity index (χ1) is 11.7. The summed E-state index contributed by atoms with van der Waals surface area (Å²) in [6, 6.07) is 3.49. The van der Waals surface area contributed by atoms with Gasteiger partial charge in [-0.2, -0.15) is 23.5 Å². The monoisotopic (exact) mass is 424 g/mol. The van der Waals surface area contributed by atoms with Gasteiger partial charge in [0, 0.05) is 11.5 Å². The number of nitrogens with two attached hydrogens (primary N) is 1. The van der Waals surface area contributed by atoms with Crippen LogP contribution in [-0.4, -0.2) is 21.3 Å². The van der Waals surface area contributed by atoms with Gasteiger partial charge in [0.2, 0.25) is 0 Å². The predicted molar refractivity (Wildman–Crippen MR) is 95.4 cm³/mol. The number of nitrogen functional groups attached to an aromatic ring is 1. The number of hydrogen-bond donors (Lipinski definition) is 1. The van der Waals surface area contributed by atoms with E-state index in [0.29, 0.717) is 5.56 Å². The van der Waals surface area contributed by atoms with Crippen LogP contribution in [0.3, 0.4) is 0 Å². The Labute approximate surface area is 159 Å². The number of nitrogens with zero attached hydrogens (tertiary/aromatic N) is 3. The zero-order valence-electron chi connectivity index (χ0n) is 12.3. The van der Waals surface area contributed by atoms with Crippen LogP contribution >= 0.6 is 46.7 Å². The Kier molecular flexibility index (Phi) is 5.08. The molecule has 0 spiro atoms. The van der Waals surface area contributed by atoms with Crippen molar-refractivity contribution in [2.24, 2.45) is 0 Å². The Morgan fingerprint density at radius 1 is 1.24 bits per heavy atom. The summed E-state index contributed by atoms with van der Waals surface area (Å²) in [4.78, 5) is 0. The van der Waals surface area contributed by atoms with Crippen molar-refractivity contribution in [3.63, 3.8) is 0 Å². The van der Waals surface area contributed by atoms with Crippen molar-refractivity contribution < 1.29 is 13.2 Å². The maximum Gasteiger partial charge on any atom is 0.416 e. The number of benzene rings is 1. The Morgan fingerprint density at radius 2 is 1.80 bits per heavy atom. The van der Waals surface area contributed by atoms with Gasteiger partial charge in [-0.25, -0.2) is 4.68 Å². The lowest BCUT2D eigenvalue weighted by atomic mass is 10.2. The Bertz CT molecular complexity index is 847. The number of anilines is 1. The largest absolute Gasteiger partial charge is 0.416 e. The van der Waals surface area contributed by atoms with E-state index in [-0.39, 0.29) is 31.8 Å². The van der Waals surface area contributed by atoms with Gasteiger partial charge in [-0.15, -0.1) is 23.5 Å². The van der Waals surface area contributed by atoms with Gasteiger partial charge < -0.3 is 5.73 Å². The summed E-state index contributed by atoms with van der Waals surface area (Å²) in [5.74, 6) is 1.96. The van der Waals surface area contributed by atoms with Gasteiger partial charge in [-0.3, -0.25) is 0 Å². The zero-order chi connectivity index (χ0) is 18.4. The fourth-order valence-electron chi connectivity index (χ4n) is 2.39. The molecule has 25 heavy (non-hydrogen) atoms. The third-order valence-electron chi connectivity index (χ3n) is 3.48. The van der Waals surface area contributed by atoms with E-state index >= 15 is 0 Å². The molecule has 0 bridgehead atoms. The molecular weight excluding hydrogens is 416 g/mol. The normalized spacial score (nSPS) is 15.5. The molecule has 1 aromatic heterocycles. The number of hydrogen-bond acceptors (Lipinski definition) is 5. The van der Waals surface area contributed by atoms with E-state index in [1.165, 1.54) is 0 Å². The molecule has 0 atom stereocenters. The highest BCUT2D eigenvalue weighted by atomic mass is 35.5. The third-order valence-corrected chi connectivity index (χ3v) is 7.09. The molecule has 2 heterocycles. The lowest BCUT2D eigenvalue weighted by Crippen LogP contribution is -2.09. The Balaban J connectivity index is 2.16. The predicted octanol–water partition coefficient (Wildman–Crippen LogP) is 5.13. The summed E-state index contributed by atoms with van der Waals surface area (Å²) in [7, 11) is 0. The first-order valence-electron chi connectivity index (χ1n) is 6.82. The maximum absolute atomic E-state index is 12.9. The number of alkyl halides is 3. The number of halogens is 5. The smallest absolute Gasteiger partial charge is 0.383 e. The average molecular weight is 425 g/mol. The second-order valence-corrected chi connectivity index (χ2v) is 8.57. The number of thioether (sulfide) groups is 2. The summed E-state index contributed by atoms with van der Waals surface area (Å²) >= 11 is 15.3. The van der Waals surface area contributed by atoms with Crippen molar-refractivity contribution in [1.29, 1.82) is 5.26 Å². The van der Waals surface area contributed by atoms with Crippen LogP contribution in [-0.2, 0) is 6.18 Å². The van der Waals surface area contributed by atoms with Gasteiger partial charge >= 0.3 is 6.18 Å². The van der Waals surface area contributed by atoms with Crippen LogP contribution in [0.15, 0.2) is 12.1 Å². The molecule has 11 heteroatoms. The average Bonchev–Trinajstić information content (AvgIpc) is 3.14. The fourth-order valence-corrected chi connectivity index (χ4v) is 5.99. The minimum atomic E-state index is -4.58. The van der Waals surface area contributed by atoms with Gasteiger partial charge in [-0.05, 0) is 12.1 Å². The molecule has 1 fully saturated rings. The van der Waals surface area contributed by atoms with E-state index in [1.54, 1.807) is 23.5 Å². The molecule has 4 nitrogen and oxygen atoms in total. The van der Waals surface area contributed by atoms with Crippen LogP contribution in [0, 0.1) is 11.3 Å². The number of nitriles is 1. The number of rotatable bonds is 2. The first-order valence-corrected chi connectivity index (χ1v) is 9.67. The SMILES string of the molecule is N#Cc1nn(-c2c(Cl)cc(C(F)(F)F)cc2Cl)c(N)c1C1SCCS1. The van der Waals surface area contributed by atoms with Gasteiger partial charge in [0.25, 0.3) is 0 Å². The van der Waals surface area contributed by atoms with E-state index in [1.807, 2.05) is 6.07 Å². The van der Waals surface area contributed by atoms with Crippen LogP contribution in [0.4, 0.5) is 19.0 Å². The first kappa shape index (κ1) is 18.6. The topological polar surface area (TPSA) is 67.6 Å². The lowest BCUT2D eigenvalue weighted by molar-refractivity contribution is -0.137. The van der Waals surface area contributed by atoms with Crippen LogP contribution in [0.2, 0.25) is 10.0 Å². The van der Waals surface area contributed by atoms with Crippen LogP contribution in [0.1, 0.15) is 21.4 Å². The third kappa shape index (κ3) is 3.40. The van der Waals surface area contributed by atoms with E-state index in [4.69, 9.17) is 28.9 Å². The van der Waals surface area contributed by atoms with Crippen LogP contribution in [0.5, 0.6) is 0 Å². The summed E-state index contributed by atoms with van der Waals surface area (Å²) < 4.78 is 39.7. The standard InChI is InChI=1S/C14H9Cl2F3N4S2/c15-7-3-6(14(17,18)19)4-8(16)11(7)23-12(21)10(9(5-20)22-23)13-24-1-2-25-13/h3-4,13H,1-2,21H2. The van der Waals surface area contributed by atoms with E-state index < -0.39 is 11.7 Å². The Morgan fingerprint density at radius 3 is 2.28 bits per heavy atom. The maximum atomic E-state index is 12.9. The van der Waals surface area contributed by atoms with E-state index in [2.05, 4.69) is 5.10 Å². The quantitative estimate of drug-likeness (QED) is 0.723. The number of aromatic nitrogens is 2. The molecule has 0 saturated carbocycles. The fraction of sp³-hybridized carbons (Fsp3) is 0.286. The zero-order valence-corrected chi connectivity index (χ0v) is 15.4. The molecule has 2 N–H and O–H groups in total. The molecule has 3 rings (SSSR count). The lowest BCUT2D eigenvalue weighted by Gasteiger charge is -2.14. The molecule has 0 unspecified atom stereocenters. The minimum absolute atomic E-state index is 0.0181. The highest BCUT2D eigenvalue weighted by Gasteiger charge is 2.33. The highest BCUT2D eigenvalue weighted by Crippen LogP contribution is 2.49. The summed E-state index contributed by atoms with van der Waals surface area (Å²) in [5.41, 5.74) is 5.83. The molecule has 1 aliphatic rings. The molecule has 1 aliphatic heterocycles. The Hall–Kier alpha value is -1.21. The van der Waals surface area contributed by atoms with Gasteiger partial charge in [0.05, 0.1) is 25.8 Å². The molecule has 132 valence electrons. The van der Waals surface area contributed by atoms with Crippen molar-refractivity contribution in [2.75, 3.05) is 17.2 Å².